The number of benzene rings is 1. The van der Waals surface area contributed by atoms with Gasteiger partial charge in [0.1, 0.15) is 0 Å². The zero-order chi connectivity index (χ0) is 10.6. The summed E-state index contributed by atoms with van der Waals surface area (Å²) < 4.78 is 5.06. The van der Waals surface area contributed by atoms with Crippen molar-refractivity contribution in [3.63, 3.8) is 0 Å². The van der Waals surface area contributed by atoms with Crippen molar-refractivity contribution in [2.24, 2.45) is 0 Å². The maximum Gasteiger partial charge on any atom is 0.306 e. The van der Waals surface area contributed by atoms with Crippen molar-refractivity contribution in [3.05, 3.63) is 34.9 Å². The molecule has 0 radical (unpaired) electrons. The Bertz CT molecular complexity index is 325. The molecule has 76 valence electrons. The number of hydrogen-bond acceptors (Lipinski definition) is 2. The van der Waals surface area contributed by atoms with Gasteiger partial charge < -0.3 is 9.84 Å². The second-order valence-corrected chi connectivity index (χ2v) is 3.25. The molecule has 0 saturated carbocycles. The van der Waals surface area contributed by atoms with Crippen LogP contribution >= 0.6 is 11.6 Å². The van der Waals surface area contributed by atoms with E-state index < -0.39 is 12.1 Å². The highest BCUT2D eigenvalue weighted by atomic mass is 35.5. The third-order valence-corrected chi connectivity index (χ3v) is 2.24. The van der Waals surface area contributed by atoms with Gasteiger partial charge >= 0.3 is 5.97 Å². The molecule has 0 bridgehead atoms. The van der Waals surface area contributed by atoms with Crippen molar-refractivity contribution in [2.45, 2.75) is 12.5 Å². The SMILES string of the molecule is COC(CC(=O)O)c1ccccc1Cl. The smallest absolute Gasteiger partial charge is 0.306 e. The maximum atomic E-state index is 10.5. The van der Waals surface area contributed by atoms with Crippen LogP contribution in [0.25, 0.3) is 0 Å². The van der Waals surface area contributed by atoms with Crippen LogP contribution in [0, 0.1) is 0 Å². The molecule has 1 aromatic carbocycles. The molecule has 0 aliphatic rings. The summed E-state index contributed by atoms with van der Waals surface area (Å²) in [6, 6.07) is 7.07. The Morgan fingerprint density at radius 1 is 1.57 bits per heavy atom. The van der Waals surface area contributed by atoms with Gasteiger partial charge in [-0.15, -0.1) is 0 Å². The van der Waals surface area contributed by atoms with E-state index in [2.05, 4.69) is 0 Å². The van der Waals surface area contributed by atoms with Gasteiger partial charge in [-0.1, -0.05) is 29.8 Å². The number of carboxylic acids is 1. The molecule has 1 atom stereocenters. The summed E-state index contributed by atoms with van der Waals surface area (Å²) in [5.41, 5.74) is 0.707. The minimum atomic E-state index is -0.906. The van der Waals surface area contributed by atoms with Crippen LogP contribution in [0.15, 0.2) is 24.3 Å². The lowest BCUT2D eigenvalue weighted by Gasteiger charge is -2.14. The minimum absolute atomic E-state index is 0.0831. The van der Waals surface area contributed by atoms with E-state index in [1.807, 2.05) is 0 Å². The van der Waals surface area contributed by atoms with Crippen molar-refractivity contribution in [3.8, 4) is 0 Å². The third kappa shape index (κ3) is 2.72. The fourth-order valence-corrected chi connectivity index (χ4v) is 1.47. The molecule has 0 aliphatic carbocycles. The lowest BCUT2D eigenvalue weighted by Crippen LogP contribution is -2.08. The van der Waals surface area contributed by atoms with E-state index in [-0.39, 0.29) is 6.42 Å². The second kappa shape index (κ2) is 4.98. The first-order valence-corrected chi connectivity index (χ1v) is 4.52. The predicted octanol–water partition coefficient (Wildman–Crippen LogP) is 2.50. The summed E-state index contributed by atoms with van der Waals surface area (Å²) >= 11 is 5.91. The van der Waals surface area contributed by atoms with E-state index in [1.165, 1.54) is 7.11 Å². The summed E-state index contributed by atoms with van der Waals surface area (Å²) in [7, 11) is 1.47. The summed E-state index contributed by atoms with van der Waals surface area (Å²) in [6.07, 6.45) is -0.568. The lowest BCUT2D eigenvalue weighted by molar-refractivity contribution is -0.139. The second-order valence-electron chi connectivity index (χ2n) is 2.84. The maximum absolute atomic E-state index is 10.5. The molecule has 0 amide bonds. The van der Waals surface area contributed by atoms with Gasteiger partial charge in [-0.25, -0.2) is 0 Å². The van der Waals surface area contributed by atoms with Crippen LogP contribution in [0.4, 0.5) is 0 Å². The van der Waals surface area contributed by atoms with Gasteiger partial charge in [0.2, 0.25) is 0 Å². The summed E-state index contributed by atoms with van der Waals surface area (Å²) in [6.45, 7) is 0. The minimum Gasteiger partial charge on any atom is -0.481 e. The molecule has 0 fully saturated rings. The summed E-state index contributed by atoms with van der Waals surface area (Å²) in [5, 5.41) is 9.17. The van der Waals surface area contributed by atoms with E-state index in [0.29, 0.717) is 10.6 Å². The van der Waals surface area contributed by atoms with Crippen LogP contribution in [0.2, 0.25) is 5.02 Å². The van der Waals surface area contributed by atoms with Crippen LogP contribution in [-0.2, 0) is 9.53 Å². The first kappa shape index (κ1) is 11.0. The van der Waals surface area contributed by atoms with Gasteiger partial charge in [-0.2, -0.15) is 0 Å². The monoisotopic (exact) mass is 214 g/mol. The van der Waals surface area contributed by atoms with Crippen LogP contribution < -0.4 is 0 Å². The number of aliphatic carboxylic acids is 1. The zero-order valence-electron chi connectivity index (χ0n) is 7.74. The Morgan fingerprint density at radius 2 is 2.21 bits per heavy atom. The Labute approximate surface area is 87.3 Å². The number of halogens is 1. The third-order valence-electron chi connectivity index (χ3n) is 1.90. The fourth-order valence-electron chi connectivity index (χ4n) is 1.22. The molecule has 1 N–H and O–H groups in total. The van der Waals surface area contributed by atoms with Crippen molar-refractivity contribution in [2.75, 3.05) is 7.11 Å². The molecule has 3 nitrogen and oxygen atoms in total. The molecule has 0 heterocycles. The van der Waals surface area contributed by atoms with Crippen LogP contribution in [0.1, 0.15) is 18.1 Å². The first-order valence-electron chi connectivity index (χ1n) is 4.14. The normalized spacial score (nSPS) is 12.4. The number of ether oxygens (including phenoxy) is 1. The van der Waals surface area contributed by atoms with Crippen LogP contribution in [0.5, 0.6) is 0 Å². The van der Waals surface area contributed by atoms with Gasteiger partial charge in [-0.3, -0.25) is 4.79 Å². The highest BCUT2D eigenvalue weighted by molar-refractivity contribution is 6.31. The van der Waals surface area contributed by atoms with Crippen LogP contribution in [0.3, 0.4) is 0 Å². The lowest BCUT2D eigenvalue weighted by atomic mass is 10.1. The zero-order valence-corrected chi connectivity index (χ0v) is 8.49. The average molecular weight is 215 g/mol. The van der Waals surface area contributed by atoms with Crippen molar-refractivity contribution < 1.29 is 14.6 Å². The number of carbonyl (C=O) groups is 1. The quantitative estimate of drug-likeness (QED) is 0.838. The van der Waals surface area contributed by atoms with Crippen LogP contribution in [-0.4, -0.2) is 18.2 Å². The molecule has 0 spiro atoms. The fraction of sp³-hybridized carbons (Fsp3) is 0.300. The van der Waals surface area contributed by atoms with E-state index in [1.54, 1.807) is 24.3 Å². The van der Waals surface area contributed by atoms with Crippen molar-refractivity contribution >= 4 is 17.6 Å². The van der Waals surface area contributed by atoms with E-state index in [0.717, 1.165) is 0 Å². The van der Waals surface area contributed by atoms with Gasteiger partial charge in [0.25, 0.3) is 0 Å². The van der Waals surface area contributed by atoms with E-state index in [4.69, 9.17) is 21.4 Å². The molecular weight excluding hydrogens is 204 g/mol. The Morgan fingerprint density at radius 3 is 2.71 bits per heavy atom. The predicted molar refractivity (Wildman–Crippen MR) is 53.5 cm³/mol. The van der Waals surface area contributed by atoms with Gasteiger partial charge in [0.15, 0.2) is 0 Å². The number of carboxylic acid groups (broad SMARTS) is 1. The molecule has 4 heteroatoms. The Balaban J connectivity index is 2.89. The molecule has 1 unspecified atom stereocenters. The van der Waals surface area contributed by atoms with Gasteiger partial charge in [-0.05, 0) is 11.6 Å². The molecule has 0 aliphatic heterocycles. The molecule has 0 aromatic heterocycles. The van der Waals surface area contributed by atoms with E-state index in [9.17, 15) is 4.79 Å². The molecule has 0 saturated heterocycles. The van der Waals surface area contributed by atoms with E-state index >= 15 is 0 Å². The topological polar surface area (TPSA) is 46.5 Å². The van der Waals surface area contributed by atoms with Gasteiger partial charge in [0.05, 0.1) is 12.5 Å². The highest BCUT2D eigenvalue weighted by Gasteiger charge is 2.16. The summed E-state index contributed by atoms with van der Waals surface area (Å²) in [5.74, 6) is -0.906. The largest absolute Gasteiger partial charge is 0.481 e. The average Bonchev–Trinajstić information content (AvgIpc) is 2.15. The first-order chi connectivity index (χ1) is 6.65. The van der Waals surface area contributed by atoms with Crippen molar-refractivity contribution in [1.29, 1.82) is 0 Å². The Hall–Kier alpha value is -1.06. The highest BCUT2D eigenvalue weighted by Crippen LogP contribution is 2.27. The molecule has 14 heavy (non-hydrogen) atoms. The Kier molecular flexibility index (Phi) is 3.92. The molecular formula is C10H11ClO3. The van der Waals surface area contributed by atoms with Crippen molar-refractivity contribution in [1.82, 2.24) is 0 Å². The molecule has 1 rings (SSSR count). The number of methoxy groups -OCH3 is 1. The standard InChI is InChI=1S/C10H11ClO3/c1-14-9(6-10(12)13)7-4-2-3-5-8(7)11/h2-5,9H,6H2,1H3,(H,12,13). The molecule has 1 aromatic rings. The number of hydrogen-bond donors (Lipinski definition) is 1. The number of rotatable bonds is 4. The van der Waals surface area contributed by atoms with Gasteiger partial charge in [0, 0.05) is 12.1 Å². The summed E-state index contributed by atoms with van der Waals surface area (Å²) in [4.78, 5) is 10.5.